The lowest BCUT2D eigenvalue weighted by atomic mass is 10.3. The van der Waals surface area contributed by atoms with E-state index in [0.29, 0.717) is 4.48 Å². The van der Waals surface area contributed by atoms with Gasteiger partial charge in [0.05, 0.1) is 0 Å². The molecule has 0 aliphatic heterocycles. The van der Waals surface area contributed by atoms with Gasteiger partial charge in [0, 0.05) is 10.9 Å². The first-order chi connectivity index (χ1) is 5.07. The van der Waals surface area contributed by atoms with Crippen LogP contribution in [-0.4, -0.2) is 0 Å². The number of hydrogen-bond donors (Lipinski definition) is 0. The van der Waals surface area contributed by atoms with Crippen LogP contribution in [0.4, 0.5) is 13.2 Å². The van der Waals surface area contributed by atoms with E-state index < -0.39 is 11.9 Å². The quantitative estimate of drug-likeness (QED) is 0.720. The molecule has 0 radical (unpaired) electrons. The predicted molar refractivity (Wildman–Crippen MR) is 45.5 cm³/mol. The van der Waals surface area contributed by atoms with Crippen molar-refractivity contribution in [1.82, 2.24) is 0 Å². The van der Waals surface area contributed by atoms with E-state index >= 15 is 0 Å². The van der Waals surface area contributed by atoms with E-state index in [9.17, 15) is 13.2 Å². The summed E-state index contributed by atoms with van der Waals surface area (Å²) in [5, 5.41) is 0. The molecule has 0 aliphatic carbocycles. The van der Waals surface area contributed by atoms with Gasteiger partial charge in [-0.25, -0.2) is 4.39 Å². The SMILES string of the molecule is FC(F)=C(F)CCC(Br)=CBr. The minimum Gasteiger partial charge on any atom is -0.206 e. The summed E-state index contributed by atoms with van der Waals surface area (Å²) >= 11 is 6.00. The number of halogens is 5. The molecule has 0 N–H and O–H groups in total. The third-order valence-electron chi connectivity index (χ3n) is 0.907. The van der Waals surface area contributed by atoms with Crippen molar-refractivity contribution < 1.29 is 13.2 Å². The molecule has 0 rings (SSSR count). The Morgan fingerprint density at radius 2 is 1.73 bits per heavy atom. The van der Waals surface area contributed by atoms with Crippen LogP contribution < -0.4 is 0 Å². The van der Waals surface area contributed by atoms with E-state index in [2.05, 4.69) is 31.9 Å². The molecule has 0 unspecified atom stereocenters. The van der Waals surface area contributed by atoms with Crippen LogP contribution in [0, 0.1) is 0 Å². The van der Waals surface area contributed by atoms with Crippen LogP contribution in [-0.2, 0) is 0 Å². The standard InChI is InChI=1S/C6H5Br2F3/c7-3-4(8)1-2-5(9)6(10)11/h3H,1-2H2. The Balaban J connectivity index is 3.82. The maximum atomic E-state index is 12.1. The third-order valence-corrected chi connectivity index (χ3v) is 2.70. The van der Waals surface area contributed by atoms with Crippen molar-refractivity contribution in [3.8, 4) is 0 Å². The van der Waals surface area contributed by atoms with E-state index in [4.69, 9.17) is 0 Å². The van der Waals surface area contributed by atoms with Gasteiger partial charge < -0.3 is 0 Å². The molecule has 0 fully saturated rings. The lowest BCUT2D eigenvalue weighted by Crippen LogP contribution is -1.77. The number of hydrogen-bond acceptors (Lipinski definition) is 0. The lowest BCUT2D eigenvalue weighted by Gasteiger charge is -1.94. The minimum absolute atomic E-state index is 0.231. The van der Waals surface area contributed by atoms with Gasteiger partial charge in [-0.3, -0.25) is 0 Å². The highest BCUT2D eigenvalue weighted by Gasteiger charge is 2.04. The molecule has 0 heterocycles. The molecule has 0 spiro atoms. The second kappa shape index (κ2) is 5.83. The monoisotopic (exact) mass is 292 g/mol. The Hall–Kier alpha value is 0.230. The summed E-state index contributed by atoms with van der Waals surface area (Å²) in [7, 11) is 0. The van der Waals surface area contributed by atoms with E-state index in [1.165, 1.54) is 4.99 Å². The van der Waals surface area contributed by atoms with Gasteiger partial charge in [0.15, 0.2) is 5.83 Å². The molecule has 0 aromatic heterocycles. The summed E-state index contributed by atoms with van der Waals surface area (Å²) < 4.78 is 35.6. The van der Waals surface area contributed by atoms with Crippen molar-refractivity contribution in [2.45, 2.75) is 12.8 Å². The normalized spacial score (nSPS) is 11.5. The van der Waals surface area contributed by atoms with Crippen LogP contribution >= 0.6 is 31.9 Å². The smallest absolute Gasteiger partial charge is 0.206 e. The molecule has 0 bridgehead atoms. The zero-order chi connectivity index (χ0) is 8.85. The Morgan fingerprint density at radius 1 is 1.18 bits per heavy atom. The van der Waals surface area contributed by atoms with Crippen molar-refractivity contribution in [3.63, 3.8) is 0 Å². The number of rotatable bonds is 3. The van der Waals surface area contributed by atoms with Crippen molar-refractivity contribution in [2.75, 3.05) is 0 Å². The Kier molecular flexibility index (Phi) is 5.95. The average Bonchev–Trinajstić information content (AvgIpc) is 1.99. The van der Waals surface area contributed by atoms with Crippen LogP contribution in [0.25, 0.3) is 0 Å². The van der Waals surface area contributed by atoms with Gasteiger partial charge in [0.1, 0.15) is 0 Å². The van der Waals surface area contributed by atoms with Crippen molar-refractivity contribution >= 4 is 31.9 Å². The highest BCUT2D eigenvalue weighted by molar-refractivity contribution is 9.14. The van der Waals surface area contributed by atoms with E-state index in [1.54, 1.807) is 0 Å². The molecular weight excluding hydrogens is 289 g/mol. The molecule has 5 heteroatoms. The first-order valence-electron chi connectivity index (χ1n) is 2.72. The van der Waals surface area contributed by atoms with Gasteiger partial charge in [-0.2, -0.15) is 8.78 Å². The first kappa shape index (κ1) is 11.2. The van der Waals surface area contributed by atoms with Crippen LogP contribution in [0.15, 0.2) is 21.4 Å². The largest absolute Gasteiger partial charge is 0.301 e. The summed E-state index contributed by atoms with van der Waals surface area (Å²) in [6, 6.07) is 0. The highest BCUT2D eigenvalue weighted by atomic mass is 79.9. The summed E-state index contributed by atoms with van der Waals surface area (Å²) in [6.45, 7) is 0. The van der Waals surface area contributed by atoms with Gasteiger partial charge in [-0.05, 0) is 11.4 Å². The molecule has 11 heavy (non-hydrogen) atoms. The molecule has 0 aliphatic rings. The van der Waals surface area contributed by atoms with Gasteiger partial charge >= 0.3 is 6.08 Å². The predicted octanol–water partition coefficient (Wildman–Crippen LogP) is 4.48. The van der Waals surface area contributed by atoms with Crippen LogP contribution in [0.2, 0.25) is 0 Å². The topological polar surface area (TPSA) is 0 Å². The number of allylic oxidation sites excluding steroid dienone is 2. The zero-order valence-corrected chi connectivity index (χ0v) is 8.55. The fourth-order valence-corrected chi connectivity index (χ4v) is 0.805. The fraction of sp³-hybridized carbons (Fsp3) is 0.333. The van der Waals surface area contributed by atoms with Gasteiger partial charge in [-0.15, -0.1) is 0 Å². The van der Waals surface area contributed by atoms with E-state index in [0.717, 1.165) is 0 Å². The summed E-state index contributed by atoms with van der Waals surface area (Å²) in [4.78, 5) is 1.51. The average molecular weight is 294 g/mol. The molecule has 0 amide bonds. The highest BCUT2D eigenvalue weighted by Crippen LogP contribution is 2.21. The van der Waals surface area contributed by atoms with Crippen LogP contribution in [0.1, 0.15) is 12.8 Å². The first-order valence-corrected chi connectivity index (χ1v) is 4.43. The Bertz CT molecular complexity index is 182. The molecule has 0 aromatic carbocycles. The molecule has 0 saturated carbocycles. The summed E-state index contributed by atoms with van der Waals surface area (Å²) in [6.07, 6.45) is -2.28. The van der Waals surface area contributed by atoms with E-state index in [1.807, 2.05) is 0 Å². The summed E-state index contributed by atoms with van der Waals surface area (Å²) in [5.74, 6) is -1.35. The Labute approximate surface area is 79.4 Å². The summed E-state index contributed by atoms with van der Waals surface area (Å²) in [5.41, 5.74) is 0. The molecule has 0 saturated heterocycles. The fourth-order valence-electron chi connectivity index (χ4n) is 0.378. The maximum Gasteiger partial charge on any atom is 0.301 e. The van der Waals surface area contributed by atoms with Gasteiger partial charge in [-0.1, -0.05) is 31.9 Å². The second-order valence-electron chi connectivity index (χ2n) is 1.72. The molecular formula is C6H5Br2F3. The second-order valence-corrected chi connectivity index (χ2v) is 3.20. The maximum absolute atomic E-state index is 12.1. The van der Waals surface area contributed by atoms with E-state index in [-0.39, 0.29) is 12.8 Å². The molecule has 0 atom stereocenters. The van der Waals surface area contributed by atoms with Crippen LogP contribution in [0.5, 0.6) is 0 Å². The van der Waals surface area contributed by atoms with Gasteiger partial charge in [0.2, 0.25) is 0 Å². The van der Waals surface area contributed by atoms with Crippen molar-refractivity contribution in [2.24, 2.45) is 0 Å². The molecule has 64 valence electrons. The van der Waals surface area contributed by atoms with Crippen molar-refractivity contribution in [3.05, 3.63) is 21.4 Å². The molecule has 0 nitrogen and oxygen atoms in total. The van der Waals surface area contributed by atoms with Crippen LogP contribution in [0.3, 0.4) is 0 Å². The third kappa shape index (κ3) is 5.49. The minimum atomic E-state index is -2.24. The van der Waals surface area contributed by atoms with Crippen molar-refractivity contribution in [1.29, 1.82) is 0 Å². The van der Waals surface area contributed by atoms with Gasteiger partial charge in [0.25, 0.3) is 0 Å². The molecule has 0 aromatic rings. The lowest BCUT2D eigenvalue weighted by molar-refractivity contribution is 0.370. The Morgan fingerprint density at radius 3 is 2.09 bits per heavy atom. The zero-order valence-electron chi connectivity index (χ0n) is 5.38.